The number of nitrogens with zero attached hydrogens (tertiary/aromatic N) is 1. The normalized spacial score (nSPS) is 13.4. The molecule has 10 heteroatoms. The van der Waals surface area contributed by atoms with Crippen LogP contribution in [-0.2, 0) is 32.7 Å². The van der Waals surface area contributed by atoms with E-state index in [-0.39, 0.29) is 26.1 Å². The van der Waals surface area contributed by atoms with Crippen molar-refractivity contribution in [1.82, 2.24) is 0 Å². The molecule has 0 saturated carbocycles. The summed E-state index contributed by atoms with van der Waals surface area (Å²) in [6, 6.07) is 0. The maximum absolute atomic E-state index is 12.8. The second kappa shape index (κ2) is 51.4. The average Bonchev–Trinajstić information content (AvgIpc) is 3.31. The highest BCUT2D eigenvalue weighted by Crippen LogP contribution is 2.43. The van der Waals surface area contributed by atoms with Gasteiger partial charge in [0.05, 0.1) is 27.7 Å². The first-order chi connectivity index (χ1) is 33.5. The highest BCUT2D eigenvalue weighted by atomic mass is 31.2. The fraction of sp³-hybridized carbons (Fsp3) is 0.898. The van der Waals surface area contributed by atoms with Crippen LogP contribution in [0.5, 0.6) is 0 Å². The molecule has 0 saturated heterocycles. The largest absolute Gasteiger partial charge is 0.472 e. The summed E-state index contributed by atoms with van der Waals surface area (Å²) in [5, 5.41) is 0. The number of esters is 2. The van der Waals surface area contributed by atoms with Gasteiger partial charge in [0.2, 0.25) is 0 Å². The lowest BCUT2D eigenvalue weighted by molar-refractivity contribution is -0.870. The van der Waals surface area contributed by atoms with Gasteiger partial charge in [-0.25, -0.2) is 4.57 Å². The molecule has 0 aromatic rings. The summed E-state index contributed by atoms with van der Waals surface area (Å²) in [4.78, 5) is 35.7. The molecule has 0 amide bonds. The van der Waals surface area contributed by atoms with Crippen molar-refractivity contribution in [3.05, 3.63) is 24.3 Å². The second-order valence-corrected chi connectivity index (χ2v) is 22.8. The lowest BCUT2D eigenvalue weighted by Crippen LogP contribution is -2.37. The number of hydrogen-bond acceptors (Lipinski definition) is 7. The number of carbonyl (C=O) groups excluding carboxylic acids is 2. The van der Waals surface area contributed by atoms with E-state index in [0.29, 0.717) is 23.9 Å². The summed E-state index contributed by atoms with van der Waals surface area (Å²) in [6.45, 7) is 4.45. The molecule has 0 aromatic heterocycles. The van der Waals surface area contributed by atoms with E-state index in [1.54, 1.807) is 0 Å². The van der Waals surface area contributed by atoms with Crippen molar-refractivity contribution in [1.29, 1.82) is 0 Å². The van der Waals surface area contributed by atoms with Crippen LogP contribution in [0, 0.1) is 0 Å². The topological polar surface area (TPSA) is 108 Å². The summed E-state index contributed by atoms with van der Waals surface area (Å²) in [6.07, 6.45) is 61.2. The predicted molar refractivity (Wildman–Crippen MR) is 294 cm³/mol. The van der Waals surface area contributed by atoms with Crippen LogP contribution in [0.4, 0.5) is 0 Å². The van der Waals surface area contributed by atoms with E-state index in [1.807, 2.05) is 21.1 Å². The van der Waals surface area contributed by atoms with Crippen LogP contribution in [0.25, 0.3) is 0 Å². The molecule has 0 aliphatic rings. The minimum Gasteiger partial charge on any atom is -0.462 e. The molecule has 1 N–H and O–H groups in total. The minimum atomic E-state index is -4.39. The molecule has 69 heavy (non-hydrogen) atoms. The third-order valence-corrected chi connectivity index (χ3v) is 14.2. The van der Waals surface area contributed by atoms with Gasteiger partial charge in [-0.15, -0.1) is 0 Å². The quantitative estimate of drug-likeness (QED) is 0.0211. The van der Waals surface area contributed by atoms with Gasteiger partial charge in [0.15, 0.2) is 6.10 Å². The molecule has 0 fully saturated rings. The Morgan fingerprint density at radius 1 is 0.435 bits per heavy atom. The van der Waals surface area contributed by atoms with Crippen LogP contribution in [0.2, 0.25) is 0 Å². The number of rotatable bonds is 55. The average molecular weight is 998 g/mol. The first kappa shape index (κ1) is 67.5. The highest BCUT2D eigenvalue weighted by Gasteiger charge is 2.27. The van der Waals surface area contributed by atoms with Gasteiger partial charge in [0, 0.05) is 12.8 Å². The SMILES string of the molecule is CCCCCCCCCCCCCCCC/C=C/CC/C=C/CCCC(=O)OC[C@H](COP(=O)(O)OCC[N+](C)(C)C)OC(=O)CCCCCCCCCCCCCCCCCCCCCCCC. The molecule has 0 bridgehead atoms. The number of hydrogen-bond donors (Lipinski definition) is 1. The molecule has 0 aromatic carbocycles. The molecule has 0 radical (unpaired) electrons. The van der Waals surface area contributed by atoms with Gasteiger partial charge in [-0.3, -0.25) is 18.6 Å². The third-order valence-electron chi connectivity index (χ3n) is 13.2. The fourth-order valence-corrected chi connectivity index (χ4v) is 9.37. The number of allylic oxidation sites excluding steroid dienone is 4. The summed E-state index contributed by atoms with van der Waals surface area (Å²) in [5.41, 5.74) is 0. The number of unbranched alkanes of at least 4 members (excludes halogenated alkanes) is 37. The third kappa shape index (κ3) is 55.7. The zero-order valence-corrected chi connectivity index (χ0v) is 47.2. The summed E-state index contributed by atoms with van der Waals surface area (Å²) in [7, 11) is 1.47. The van der Waals surface area contributed by atoms with Crippen molar-refractivity contribution in [3.8, 4) is 0 Å². The van der Waals surface area contributed by atoms with Crippen LogP contribution in [0.1, 0.15) is 290 Å². The van der Waals surface area contributed by atoms with E-state index in [2.05, 4.69) is 38.2 Å². The van der Waals surface area contributed by atoms with Crippen molar-refractivity contribution in [2.24, 2.45) is 0 Å². The molecular weight excluding hydrogens is 882 g/mol. The monoisotopic (exact) mass is 997 g/mol. The van der Waals surface area contributed by atoms with E-state index in [9.17, 15) is 19.0 Å². The molecule has 0 heterocycles. The lowest BCUT2D eigenvalue weighted by Gasteiger charge is -2.24. The highest BCUT2D eigenvalue weighted by molar-refractivity contribution is 7.47. The number of carbonyl (C=O) groups is 2. The van der Waals surface area contributed by atoms with E-state index in [0.717, 1.165) is 32.1 Å². The Balaban J connectivity index is 4.18. The van der Waals surface area contributed by atoms with Crippen LogP contribution in [0.15, 0.2) is 24.3 Å². The first-order valence-electron chi connectivity index (χ1n) is 29.6. The molecular formula is C59H115NO8P+. The minimum absolute atomic E-state index is 0.0287. The standard InChI is InChI=1S/C59H114NO8P/c1-6-8-10-12-14-16-18-20-22-24-26-28-30-32-33-35-37-39-41-43-45-47-49-51-58(61)65-55-57(56-67-69(63,64)66-54-53-60(3,4)5)68-59(62)52-50-48-46-44-42-40-38-36-34-31-29-27-25-23-21-19-17-15-13-11-9-7-2/h35,37,43,45,57H,6-34,36,38-42,44,46-56H2,1-5H3/p+1/b37-35+,45-43+/t57-/m1/s1. The maximum Gasteiger partial charge on any atom is 0.472 e. The maximum atomic E-state index is 12.8. The first-order valence-corrected chi connectivity index (χ1v) is 31.1. The summed E-state index contributed by atoms with van der Waals surface area (Å²) < 4.78 is 34.5. The molecule has 0 rings (SSSR count). The molecule has 9 nitrogen and oxygen atoms in total. The molecule has 408 valence electrons. The van der Waals surface area contributed by atoms with Crippen LogP contribution < -0.4 is 0 Å². The van der Waals surface area contributed by atoms with E-state index >= 15 is 0 Å². The van der Waals surface area contributed by atoms with Crippen molar-refractivity contribution >= 4 is 19.8 Å². The van der Waals surface area contributed by atoms with Crippen molar-refractivity contribution in [2.75, 3.05) is 47.5 Å². The molecule has 2 atom stereocenters. The van der Waals surface area contributed by atoms with Crippen LogP contribution in [0.3, 0.4) is 0 Å². The molecule has 0 spiro atoms. The van der Waals surface area contributed by atoms with E-state index < -0.39 is 32.5 Å². The predicted octanol–water partition coefficient (Wildman–Crippen LogP) is 18.2. The van der Waals surface area contributed by atoms with Crippen LogP contribution in [-0.4, -0.2) is 74.9 Å². The summed E-state index contributed by atoms with van der Waals surface area (Å²) >= 11 is 0. The Bertz CT molecular complexity index is 1220. The van der Waals surface area contributed by atoms with Gasteiger partial charge in [-0.1, -0.05) is 256 Å². The Labute approximate surface area is 428 Å². The van der Waals surface area contributed by atoms with Gasteiger partial charge < -0.3 is 18.9 Å². The molecule has 1 unspecified atom stereocenters. The van der Waals surface area contributed by atoms with Gasteiger partial charge in [0.25, 0.3) is 0 Å². The van der Waals surface area contributed by atoms with Gasteiger partial charge >= 0.3 is 19.8 Å². The number of quaternary nitrogens is 1. The Morgan fingerprint density at radius 2 is 0.768 bits per heavy atom. The van der Waals surface area contributed by atoms with Gasteiger partial charge in [0.1, 0.15) is 19.8 Å². The zero-order valence-electron chi connectivity index (χ0n) is 46.3. The number of likely N-dealkylation sites (N-methyl/N-ethyl adjacent to an activating group) is 1. The number of ether oxygens (including phenoxy) is 2. The zero-order chi connectivity index (χ0) is 50.6. The number of phosphoric ester groups is 1. The lowest BCUT2D eigenvalue weighted by atomic mass is 10.0. The molecule has 0 aliphatic carbocycles. The second-order valence-electron chi connectivity index (χ2n) is 21.4. The summed E-state index contributed by atoms with van der Waals surface area (Å²) in [5.74, 6) is -0.830. The van der Waals surface area contributed by atoms with E-state index in [4.69, 9.17) is 18.5 Å². The molecule has 0 aliphatic heterocycles. The van der Waals surface area contributed by atoms with Crippen molar-refractivity contribution < 1.29 is 42.1 Å². The van der Waals surface area contributed by atoms with Gasteiger partial charge in [-0.05, 0) is 44.9 Å². The smallest absolute Gasteiger partial charge is 0.462 e. The van der Waals surface area contributed by atoms with Crippen LogP contribution >= 0.6 is 7.82 Å². The Hall–Kier alpha value is -1.51. The Kier molecular flexibility index (Phi) is 50.3. The Morgan fingerprint density at radius 3 is 1.16 bits per heavy atom. The fourth-order valence-electron chi connectivity index (χ4n) is 8.63. The van der Waals surface area contributed by atoms with Crippen molar-refractivity contribution in [2.45, 2.75) is 296 Å². The van der Waals surface area contributed by atoms with Gasteiger partial charge in [-0.2, -0.15) is 0 Å². The van der Waals surface area contributed by atoms with E-state index in [1.165, 1.54) is 218 Å². The van der Waals surface area contributed by atoms with Crippen molar-refractivity contribution in [3.63, 3.8) is 0 Å². The number of phosphoric acid groups is 1.